The molecule has 9 heteroatoms. The fraction of sp³-hybridized carbons (Fsp3) is 0.125. The molecule has 128 valence electrons. The first-order valence-electron chi connectivity index (χ1n) is 7.27. The molecule has 0 aliphatic heterocycles. The van der Waals surface area contributed by atoms with E-state index in [0.29, 0.717) is 10.9 Å². The summed E-state index contributed by atoms with van der Waals surface area (Å²) in [6, 6.07) is 8.92. The van der Waals surface area contributed by atoms with Crippen LogP contribution in [0.5, 0.6) is 0 Å². The van der Waals surface area contributed by atoms with Crippen LogP contribution in [-0.2, 0) is 0 Å². The molecule has 1 aromatic carbocycles. The maximum Gasteiger partial charge on any atom is 0.433 e. The van der Waals surface area contributed by atoms with Gasteiger partial charge in [-0.05, 0) is 48.6 Å². The smallest absolute Gasteiger partial charge is 0.401 e. The molecule has 0 saturated heterocycles. The number of nitro groups is 1. The number of benzene rings is 1. The first-order valence-corrected chi connectivity index (χ1v) is 8.97. The van der Waals surface area contributed by atoms with E-state index >= 15 is 0 Å². The first kappa shape index (κ1) is 17.2. The van der Waals surface area contributed by atoms with Gasteiger partial charge in [0.25, 0.3) is 0 Å². The average Bonchev–Trinajstić information content (AvgIpc) is 3.22. The summed E-state index contributed by atoms with van der Waals surface area (Å²) >= 11 is 2.79. The lowest BCUT2D eigenvalue weighted by Gasteiger charge is -2.08. The van der Waals surface area contributed by atoms with Gasteiger partial charge in [0.15, 0.2) is 4.34 Å². The Morgan fingerprint density at radius 1 is 1.28 bits per heavy atom. The molecule has 0 saturated carbocycles. The van der Waals surface area contributed by atoms with Crippen molar-refractivity contribution in [1.82, 2.24) is 10.2 Å². The van der Waals surface area contributed by atoms with Gasteiger partial charge in [0.1, 0.15) is 10.7 Å². The topological polar surface area (TPSA) is 94.1 Å². The largest absolute Gasteiger partial charge is 0.433 e. The second-order valence-electron chi connectivity index (χ2n) is 5.10. The number of rotatable bonds is 6. The quantitative estimate of drug-likeness (QED) is 0.361. The summed E-state index contributed by atoms with van der Waals surface area (Å²) in [7, 11) is 0. The summed E-state index contributed by atoms with van der Waals surface area (Å²) in [6.45, 7) is 4.12. The van der Waals surface area contributed by atoms with Crippen LogP contribution in [0.3, 0.4) is 0 Å². The van der Waals surface area contributed by atoms with Gasteiger partial charge in [0.2, 0.25) is 5.13 Å². The van der Waals surface area contributed by atoms with Crippen LogP contribution in [0.1, 0.15) is 16.9 Å². The number of nitrogens with zero attached hydrogens (tertiary/aromatic N) is 3. The van der Waals surface area contributed by atoms with Crippen LogP contribution in [0.4, 0.5) is 16.7 Å². The van der Waals surface area contributed by atoms with Crippen molar-refractivity contribution in [3.05, 3.63) is 62.7 Å². The number of thioether (sulfide) groups is 1. The van der Waals surface area contributed by atoms with Crippen LogP contribution in [0.25, 0.3) is 6.08 Å². The number of furan rings is 1. The molecule has 0 radical (unpaired) electrons. The number of aromatic nitrogens is 2. The Kier molecular flexibility index (Phi) is 5.15. The third kappa shape index (κ3) is 4.25. The highest BCUT2D eigenvalue weighted by Gasteiger charge is 2.10. The number of hydrogen-bond acceptors (Lipinski definition) is 8. The predicted octanol–water partition coefficient (Wildman–Crippen LogP) is 5.16. The van der Waals surface area contributed by atoms with Crippen molar-refractivity contribution in [2.24, 2.45) is 0 Å². The van der Waals surface area contributed by atoms with E-state index in [0.717, 1.165) is 10.0 Å². The molecular formula is C16H14N4O3S2. The Hall–Kier alpha value is -2.65. The Balaban J connectivity index is 1.62. The van der Waals surface area contributed by atoms with E-state index in [4.69, 9.17) is 4.42 Å². The second-order valence-corrected chi connectivity index (χ2v) is 7.23. The third-order valence-electron chi connectivity index (χ3n) is 3.45. The molecule has 3 rings (SSSR count). The SMILES string of the molecule is Cc1cccc(Nc2nnc(S/C=C/c3ccc([N+](=O)[O-])o3)s2)c1C. The lowest BCUT2D eigenvalue weighted by Crippen LogP contribution is -1.94. The van der Waals surface area contributed by atoms with Gasteiger partial charge in [-0.1, -0.05) is 35.2 Å². The number of aryl methyl sites for hydroxylation is 1. The Morgan fingerprint density at radius 2 is 2.12 bits per heavy atom. The van der Waals surface area contributed by atoms with Gasteiger partial charge in [-0.3, -0.25) is 10.1 Å². The summed E-state index contributed by atoms with van der Waals surface area (Å²) in [5, 5.41) is 24.5. The highest BCUT2D eigenvalue weighted by Crippen LogP contribution is 2.30. The molecule has 0 amide bonds. The predicted molar refractivity (Wildman–Crippen MR) is 99.4 cm³/mol. The summed E-state index contributed by atoms with van der Waals surface area (Å²) in [5.41, 5.74) is 3.39. The molecule has 0 fully saturated rings. The maximum absolute atomic E-state index is 10.6. The van der Waals surface area contributed by atoms with Crippen molar-refractivity contribution in [2.45, 2.75) is 18.2 Å². The Morgan fingerprint density at radius 3 is 2.88 bits per heavy atom. The van der Waals surface area contributed by atoms with Crippen LogP contribution in [0, 0.1) is 24.0 Å². The van der Waals surface area contributed by atoms with E-state index in [9.17, 15) is 10.1 Å². The van der Waals surface area contributed by atoms with E-state index in [2.05, 4.69) is 35.4 Å². The van der Waals surface area contributed by atoms with Crippen LogP contribution in [0.2, 0.25) is 0 Å². The number of nitrogens with one attached hydrogen (secondary N) is 1. The van der Waals surface area contributed by atoms with Crippen molar-refractivity contribution < 1.29 is 9.34 Å². The van der Waals surface area contributed by atoms with E-state index in [1.165, 1.54) is 40.3 Å². The van der Waals surface area contributed by atoms with Crippen molar-refractivity contribution in [3.8, 4) is 0 Å². The van der Waals surface area contributed by atoms with Crippen molar-refractivity contribution in [2.75, 3.05) is 5.32 Å². The lowest BCUT2D eigenvalue weighted by molar-refractivity contribution is -0.402. The minimum atomic E-state index is -0.569. The number of hydrogen-bond donors (Lipinski definition) is 1. The van der Waals surface area contributed by atoms with E-state index < -0.39 is 4.92 Å². The molecule has 0 spiro atoms. The van der Waals surface area contributed by atoms with Crippen LogP contribution >= 0.6 is 23.1 Å². The van der Waals surface area contributed by atoms with Gasteiger partial charge in [0.05, 0.1) is 6.07 Å². The van der Waals surface area contributed by atoms with Crippen LogP contribution in [0.15, 0.2) is 44.5 Å². The van der Waals surface area contributed by atoms with Gasteiger partial charge < -0.3 is 9.73 Å². The van der Waals surface area contributed by atoms with Crippen molar-refractivity contribution >= 4 is 45.9 Å². The summed E-state index contributed by atoms with van der Waals surface area (Å²) < 4.78 is 5.80. The Labute approximate surface area is 151 Å². The molecule has 0 aliphatic rings. The molecule has 2 aromatic heterocycles. The normalized spacial score (nSPS) is 11.1. The standard InChI is InChI=1S/C16H14N4O3S2/c1-10-4-3-5-13(11(10)2)17-15-18-19-16(25-15)24-9-8-12-6-7-14(23-12)20(21)22/h3-9H,1-2H3,(H,17,18)/b9-8+. The van der Waals surface area contributed by atoms with E-state index in [1.807, 2.05) is 12.1 Å². The molecule has 0 unspecified atom stereocenters. The van der Waals surface area contributed by atoms with Gasteiger partial charge in [-0.15, -0.1) is 10.2 Å². The second kappa shape index (κ2) is 7.49. The fourth-order valence-electron chi connectivity index (χ4n) is 2.00. The molecule has 2 heterocycles. The maximum atomic E-state index is 10.6. The number of anilines is 2. The zero-order valence-corrected chi connectivity index (χ0v) is 15.1. The minimum absolute atomic E-state index is 0.277. The average molecular weight is 374 g/mol. The molecule has 0 bridgehead atoms. The molecule has 0 aliphatic carbocycles. The highest BCUT2D eigenvalue weighted by molar-refractivity contribution is 8.03. The zero-order valence-electron chi connectivity index (χ0n) is 13.4. The van der Waals surface area contributed by atoms with E-state index in [1.54, 1.807) is 17.6 Å². The van der Waals surface area contributed by atoms with Gasteiger partial charge in [-0.25, -0.2) is 0 Å². The zero-order chi connectivity index (χ0) is 17.8. The van der Waals surface area contributed by atoms with Crippen LogP contribution < -0.4 is 5.32 Å². The molecule has 7 nitrogen and oxygen atoms in total. The summed E-state index contributed by atoms with van der Waals surface area (Å²) in [6.07, 6.45) is 1.65. The first-order chi connectivity index (χ1) is 12.0. The van der Waals surface area contributed by atoms with Crippen molar-refractivity contribution in [3.63, 3.8) is 0 Å². The minimum Gasteiger partial charge on any atom is -0.401 e. The van der Waals surface area contributed by atoms with Gasteiger partial charge >= 0.3 is 5.88 Å². The van der Waals surface area contributed by atoms with Gasteiger partial charge in [-0.2, -0.15) is 0 Å². The lowest BCUT2D eigenvalue weighted by atomic mass is 10.1. The molecule has 1 N–H and O–H groups in total. The summed E-state index contributed by atoms with van der Waals surface area (Å²) in [5.74, 6) is 0.137. The summed E-state index contributed by atoms with van der Waals surface area (Å²) in [4.78, 5) is 10.00. The molecule has 25 heavy (non-hydrogen) atoms. The molecule has 3 aromatic rings. The van der Waals surface area contributed by atoms with Crippen molar-refractivity contribution in [1.29, 1.82) is 0 Å². The fourth-order valence-corrected chi connectivity index (χ4v) is 3.49. The third-order valence-corrected chi connectivity index (χ3v) is 5.17. The molecule has 0 atom stereocenters. The Bertz CT molecular complexity index is 933. The monoisotopic (exact) mass is 374 g/mol. The van der Waals surface area contributed by atoms with Gasteiger partial charge in [0, 0.05) is 5.69 Å². The van der Waals surface area contributed by atoms with E-state index in [-0.39, 0.29) is 5.88 Å². The highest BCUT2D eigenvalue weighted by atomic mass is 32.2. The molecular weight excluding hydrogens is 360 g/mol. The van der Waals surface area contributed by atoms with Crippen LogP contribution in [-0.4, -0.2) is 15.1 Å².